The van der Waals surface area contributed by atoms with Crippen LogP contribution < -0.4 is 0 Å². The van der Waals surface area contributed by atoms with Crippen molar-refractivity contribution in [3.63, 3.8) is 0 Å². The SMILES string of the molecule is CCn1c(C)nc2cc(Br)cnc21. The molecule has 0 radical (unpaired) electrons. The van der Waals surface area contributed by atoms with E-state index >= 15 is 0 Å². The van der Waals surface area contributed by atoms with Gasteiger partial charge in [-0.3, -0.25) is 0 Å². The first-order valence-corrected chi connectivity index (χ1v) is 5.00. The molecular weight excluding hydrogens is 230 g/mol. The van der Waals surface area contributed by atoms with Crippen molar-refractivity contribution in [3.8, 4) is 0 Å². The van der Waals surface area contributed by atoms with Gasteiger partial charge in [0.05, 0.1) is 0 Å². The number of fused-ring (bicyclic) bond motifs is 1. The summed E-state index contributed by atoms with van der Waals surface area (Å²) in [6.45, 7) is 5.01. The van der Waals surface area contributed by atoms with E-state index in [2.05, 4.69) is 37.4 Å². The summed E-state index contributed by atoms with van der Waals surface area (Å²) in [7, 11) is 0. The Bertz CT molecular complexity index is 447. The fraction of sp³-hybridized carbons (Fsp3) is 0.333. The Balaban J connectivity index is 2.79. The molecule has 0 aliphatic rings. The van der Waals surface area contributed by atoms with Gasteiger partial charge in [0.25, 0.3) is 0 Å². The zero-order valence-electron chi connectivity index (χ0n) is 7.58. The molecule has 0 aliphatic carbocycles. The minimum absolute atomic E-state index is 0.914. The van der Waals surface area contributed by atoms with Crippen LogP contribution in [0.2, 0.25) is 0 Å². The number of aromatic nitrogens is 3. The molecule has 3 nitrogen and oxygen atoms in total. The van der Waals surface area contributed by atoms with E-state index < -0.39 is 0 Å². The van der Waals surface area contributed by atoms with Crippen LogP contribution in [-0.4, -0.2) is 14.5 Å². The van der Waals surface area contributed by atoms with Crippen LogP contribution in [0.15, 0.2) is 16.7 Å². The van der Waals surface area contributed by atoms with Gasteiger partial charge in [-0.15, -0.1) is 0 Å². The van der Waals surface area contributed by atoms with Crippen LogP contribution in [0.25, 0.3) is 11.2 Å². The third kappa shape index (κ3) is 1.35. The van der Waals surface area contributed by atoms with Gasteiger partial charge in [-0.05, 0) is 35.8 Å². The predicted octanol–water partition coefficient (Wildman–Crippen LogP) is 2.52. The zero-order chi connectivity index (χ0) is 9.42. The highest BCUT2D eigenvalue weighted by atomic mass is 79.9. The van der Waals surface area contributed by atoms with Crippen molar-refractivity contribution in [1.29, 1.82) is 0 Å². The standard InChI is InChI=1S/C9H10BrN3/c1-3-13-6(2)12-8-4-7(10)5-11-9(8)13/h4-5H,3H2,1-2H3. The average molecular weight is 240 g/mol. The van der Waals surface area contributed by atoms with Gasteiger partial charge in [-0.2, -0.15) is 0 Å². The zero-order valence-corrected chi connectivity index (χ0v) is 9.17. The Hall–Kier alpha value is -0.900. The van der Waals surface area contributed by atoms with Crippen molar-refractivity contribution in [3.05, 3.63) is 22.6 Å². The molecule has 0 aliphatic heterocycles. The van der Waals surface area contributed by atoms with Gasteiger partial charge < -0.3 is 4.57 Å². The van der Waals surface area contributed by atoms with Crippen molar-refractivity contribution >= 4 is 27.1 Å². The third-order valence-electron chi connectivity index (χ3n) is 2.06. The molecule has 0 unspecified atom stereocenters. The lowest BCUT2D eigenvalue weighted by Gasteiger charge is -1.99. The van der Waals surface area contributed by atoms with Gasteiger partial charge >= 0.3 is 0 Å². The summed E-state index contributed by atoms with van der Waals surface area (Å²) < 4.78 is 3.07. The van der Waals surface area contributed by atoms with Crippen molar-refractivity contribution in [1.82, 2.24) is 14.5 Å². The summed E-state index contributed by atoms with van der Waals surface area (Å²) in [5, 5.41) is 0. The maximum atomic E-state index is 4.42. The van der Waals surface area contributed by atoms with E-state index in [0.717, 1.165) is 28.0 Å². The molecular formula is C9H10BrN3. The second kappa shape index (κ2) is 3.10. The highest BCUT2D eigenvalue weighted by Crippen LogP contribution is 2.17. The summed E-state index contributed by atoms with van der Waals surface area (Å²) in [5.41, 5.74) is 1.91. The number of hydrogen-bond donors (Lipinski definition) is 0. The first-order chi connectivity index (χ1) is 6.22. The van der Waals surface area contributed by atoms with Gasteiger partial charge in [0, 0.05) is 17.2 Å². The van der Waals surface area contributed by atoms with Crippen LogP contribution in [0.5, 0.6) is 0 Å². The molecule has 0 spiro atoms. The lowest BCUT2D eigenvalue weighted by molar-refractivity contribution is 0.745. The van der Waals surface area contributed by atoms with Gasteiger partial charge in [0.15, 0.2) is 5.65 Å². The molecule has 2 aromatic heterocycles. The molecule has 0 saturated carbocycles. The molecule has 13 heavy (non-hydrogen) atoms. The summed E-state index contributed by atoms with van der Waals surface area (Å²) >= 11 is 3.38. The van der Waals surface area contributed by atoms with Crippen LogP contribution in [-0.2, 0) is 6.54 Å². The highest BCUT2D eigenvalue weighted by molar-refractivity contribution is 9.10. The smallest absolute Gasteiger partial charge is 0.160 e. The first kappa shape index (κ1) is 8.69. The molecule has 0 bridgehead atoms. The molecule has 0 saturated heterocycles. The van der Waals surface area contributed by atoms with Crippen molar-refractivity contribution < 1.29 is 0 Å². The lowest BCUT2D eigenvalue weighted by atomic mass is 10.4. The highest BCUT2D eigenvalue weighted by Gasteiger charge is 2.06. The Morgan fingerprint density at radius 2 is 2.31 bits per heavy atom. The number of aryl methyl sites for hydroxylation is 2. The van der Waals surface area contributed by atoms with Crippen LogP contribution >= 0.6 is 15.9 Å². The van der Waals surface area contributed by atoms with Gasteiger partial charge in [-0.25, -0.2) is 9.97 Å². The number of halogens is 1. The quantitative estimate of drug-likeness (QED) is 0.766. The number of hydrogen-bond acceptors (Lipinski definition) is 2. The monoisotopic (exact) mass is 239 g/mol. The number of imidazole rings is 1. The summed E-state index contributed by atoms with van der Waals surface area (Å²) in [6, 6.07) is 1.99. The van der Waals surface area contributed by atoms with Crippen molar-refractivity contribution in [2.45, 2.75) is 20.4 Å². The van der Waals surface area contributed by atoms with E-state index in [4.69, 9.17) is 0 Å². The summed E-state index contributed by atoms with van der Waals surface area (Å²) in [6.07, 6.45) is 1.80. The molecule has 0 amide bonds. The van der Waals surface area contributed by atoms with Crippen LogP contribution in [0.3, 0.4) is 0 Å². The maximum absolute atomic E-state index is 4.42. The van der Waals surface area contributed by atoms with E-state index in [9.17, 15) is 0 Å². The largest absolute Gasteiger partial charge is 0.313 e. The lowest BCUT2D eigenvalue weighted by Crippen LogP contribution is -1.97. The molecule has 68 valence electrons. The van der Waals surface area contributed by atoms with Gasteiger partial charge in [0.2, 0.25) is 0 Å². The van der Waals surface area contributed by atoms with Gasteiger partial charge in [0.1, 0.15) is 11.3 Å². The van der Waals surface area contributed by atoms with Crippen molar-refractivity contribution in [2.75, 3.05) is 0 Å². The molecule has 0 aromatic carbocycles. The normalized spacial score (nSPS) is 11.0. The van der Waals surface area contributed by atoms with E-state index in [0.29, 0.717) is 0 Å². The van der Waals surface area contributed by atoms with Crippen LogP contribution in [0.4, 0.5) is 0 Å². The Morgan fingerprint density at radius 1 is 1.54 bits per heavy atom. The second-order valence-electron chi connectivity index (χ2n) is 2.90. The minimum Gasteiger partial charge on any atom is -0.313 e. The fourth-order valence-electron chi connectivity index (χ4n) is 1.48. The average Bonchev–Trinajstić information content (AvgIpc) is 2.39. The molecule has 2 aromatic rings. The first-order valence-electron chi connectivity index (χ1n) is 4.20. The summed E-state index contributed by atoms with van der Waals surface area (Å²) in [4.78, 5) is 8.74. The van der Waals surface area contributed by atoms with Gasteiger partial charge in [-0.1, -0.05) is 0 Å². The Kier molecular flexibility index (Phi) is 2.07. The summed E-state index contributed by atoms with van der Waals surface area (Å²) in [5.74, 6) is 1.02. The van der Waals surface area contributed by atoms with Crippen LogP contribution in [0, 0.1) is 6.92 Å². The molecule has 0 atom stereocenters. The molecule has 0 N–H and O–H groups in total. The topological polar surface area (TPSA) is 30.7 Å². The van der Waals surface area contributed by atoms with Crippen LogP contribution in [0.1, 0.15) is 12.7 Å². The van der Waals surface area contributed by atoms with E-state index in [1.165, 1.54) is 0 Å². The van der Waals surface area contributed by atoms with E-state index in [1.807, 2.05) is 13.0 Å². The third-order valence-corrected chi connectivity index (χ3v) is 2.49. The number of pyridine rings is 1. The number of rotatable bonds is 1. The van der Waals surface area contributed by atoms with Crippen molar-refractivity contribution in [2.24, 2.45) is 0 Å². The minimum atomic E-state index is 0.914. The second-order valence-corrected chi connectivity index (χ2v) is 3.82. The molecule has 2 rings (SSSR count). The van der Waals surface area contributed by atoms with E-state index in [-0.39, 0.29) is 0 Å². The fourth-order valence-corrected chi connectivity index (χ4v) is 1.80. The molecule has 2 heterocycles. The number of nitrogens with zero attached hydrogens (tertiary/aromatic N) is 3. The Labute approximate surface area is 84.9 Å². The van der Waals surface area contributed by atoms with E-state index in [1.54, 1.807) is 6.20 Å². The maximum Gasteiger partial charge on any atom is 0.160 e. The predicted molar refractivity (Wildman–Crippen MR) is 55.6 cm³/mol. The molecule has 4 heteroatoms. The molecule has 0 fully saturated rings. The Morgan fingerprint density at radius 3 is 3.00 bits per heavy atom.